The van der Waals surface area contributed by atoms with Crippen LogP contribution in [0.4, 0.5) is 5.95 Å². The lowest BCUT2D eigenvalue weighted by Gasteiger charge is -2.29. The van der Waals surface area contributed by atoms with E-state index in [-0.39, 0.29) is 6.61 Å². The Morgan fingerprint density at radius 3 is 2.88 bits per heavy atom. The zero-order chi connectivity index (χ0) is 11.4. The molecule has 1 aromatic rings. The van der Waals surface area contributed by atoms with Crippen molar-refractivity contribution in [1.29, 1.82) is 0 Å². The number of hydrogen-bond donors (Lipinski definition) is 1. The summed E-state index contributed by atoms with van der Waals surface area (Å²) in [4.78, 5) is 6.70. The van der Waals surface area contributed by atoms with Crippen LogP contribution >= 0.6 is 0 Å². The van der Waals surface area contributed by atoms with Crippen LogP contribution in [0.15, 0.2) is 12.4 Å². The maximum absolute atomic E-state index is 9.18. The molecule has 0 spiro atoms. The molecule has 0 unspecified atom stereocenters. The van der Waals surface area contributed by atoms with E-state index in [2.05, 4.69) is 21.4 Å². The fraction of sp³-hybridized carbons (Fsp3) is 0.750. The van der Waals surface area contributed by atoms with Crippen molar-refractivity contribution >= 4 is 5.95 Å². The van der Waals surface area contributed by atoms with E-state index in [1.807, 2.05) is 12.4 Å². The summed E-state index contributed by atoms with van der Waals surface area (Å²) < 4.78 is 2.15. The number of aryl methyl sites for hydroxylation is 1. The Hall–Kier alpha value is -1.03. The van der Waals surface area contributed by atoms with Crippen LogP contribution in [0.25, 0.3) is 0 Å². The third-order valence-electron chi connectivity index (χ3n) is 3.40. The normalized spacial score (nSPS) is 16.9. The van der Waals surface area contributed by atoms with Gasteiger partial charge in [0.05, 0.1) is 6.61 Å². The van der Waals surface area contributed by atoms with Crippen LogP contribution in [-0.4, -0.2) is 33.9 Å². The zero-order valence-corrected chi connectivity index (χ0v) is 9.97. The molecule has 1 aliphatic rings. The highest BCUT2D eigenvalue weighted by molar-refractivity contribution is 5.33. The number of aromatic nitrogens is 2. The van der Waals surface area contributed by atoms with Gasteiger partial charge in [0.25, 0.3) is 0 Å². The molecule has 0 radical (unpaired) electrons. The van der Waals surface area contributed by atoms with Crippen LogP contribution in [0, 0.1) is 0 Å². The molecule has 0 aliphatic heterocycles. The van der Waals surface area contributed by atoms with Gasteiger partial charge in [-0.15, -0.1) is 0 Å². The fourth-order valence-electron chi connectivity index (χ4n) is 2.58. The van der Waals surface area contributed by atoms with Gasteiger partial charge < -0.3 is 14.6 Å². The van der Waals surface area contributed by atoms with Crippen LogP contribution < -0.4 is 4.90 Å². The summed E-state index contributed by atoms with van der Waals surface area (Å²) in [7, 11) is 0. The summed E-state index contributed by atoms with van der Waals surface area (Å²) in [5.41, 5.74) is 0. The predicted octanol–water partition coefficient (Wildman–Crippen LogP) is 1.64. The Labute approximate surface area is 96.9 Å². The van der Waals surface area contributed by atoms with Crippen LogP contribution in [0.2, 0.25) is 0 Å². The molecule has 2 rings (SSSR count). The maximum Gasteiger partial charge on any atom is 0.205 e. The van der Waals surface area contributed by atoms with Gasteiger partial charge in [0.2, 0.25) is 5.95 Å². The molecule has 90 valence electrons. The highest BCUT2D eigenvalue weighted by Crippen LogP contribution is 2.27. The van der Waals surface area contributed by atoms with Crippen LogP contribution in [-0.2, 0) is 6.54 Å². The van der Waals surface area contributed by atoms with E-state index in [4.69, 9.17) is 0 Å². The summed E-state index contributed by atoms with van der Waals surface area (Å²) >= 11 is 0. The van der Waals surface area contributed by atoms with Gasteiger partial charge in [-0.1, -0.05) is 12.8 Å². The molecular weight excluding hydrogens is 202 g/mol. The lowest BCUT2D eigenvalue weighted by molar-refractivity contribution is 0.296. The molecule has 0 bridgehead atoms. The molecular formula is C12H21N3O. The van der Waals surface area contributed by atoms with Gasteiger partial charge >= 0.3 is 0 Å². The number of anilines is 1. The number of imidazole rings is 1. The van der Waals surface area contributed by atoms with E-state index in [1.54, 1.807) is 0 Å². The van der Waals surface area contributed by atoms with Crippen molar-refractivity contribution in [3.05, 3.63) is 12.4 Å². The second-order valence-electron chi connectivity index (χ2n) is 4.37. The highest BCUT2D eigenvalue weighted by Gasteiger charge is 2.24. The molecule has 0 saturated heterocycles. The first-order valence-electron chi connectivity index (χ1n) is 6.25. The molecule has 4 heteroatoms. The Balaban J connectivity index is 2.17. The first-order valence-corrected chi connectivity index (χ1v) is 6.25. The first kappa shape index (κ1) is 11.5. The van der Waals surface area contributed by atoms with E-state index >= 15 is 0 Å². The van der Waals surface area contributed by atoms with Gasteiger partial charge in [0.1, 0.15) is 0 Å². The molecule has 1 N–H and O–H groups in total. The molecule has 4 nitrogen and oxygen atoms in total. The lowest BCUT2D eigenvalue weighted by atomic mass is 10.2. The maximum atomic E-state index is 9.18. The van der Waals surface area contributed by atoms with Crippen molar-refractivity contribution in [2.45, 2.75) is 45.2 Å². The average molecular weight is 223 g/mol. The van der Waals surface area contributed by atoms with Gasteiger partial charge in [-0.3, -0.25) is 0 Å². The second-order valence-corrected chi connectivity index (χ2v) is 4.37. The van der Waals surface area contributed by atoms with Crippen molar-refractivity contribution in [2.24, 2.45) is 0 Å². The molecule has 0 aromatic carbocycles. The van der Waals surface area contributed by atoms with Crippen LogP contribution in [0.1, 0.15) is 32.6 Å². The van der Waals surface area contributed by atoms with Gasteiger partial charge in [-0.05, 0) is 19.8 Å². The molecule has 1 aliphatic carbocycles. The number of aliphatic hydroxyl groups excluding tert-OH is 1. The van der Waals surface area contributed by atoms with Crippen molar-refractivity contribution in [2.75, 3.05) is 18.1 Å². The minimum atomic E-state index is 0.201. The third kappa shape index (κ3) is 2.21. The summed E-state index contributed by atoms with van der Waals surface area (Å²) in [6, 6.07) is 0.569. The second kappa shape index (κ2) is 5.34. The SMILES string of the molecule is CCn1ccnc1N(CCO)C1CCCC1. The van der Waals surface area contributed by atoms with E-state index in [0.29, 0.717) is 12.6 Å². The fourth-order valence-corrected chi connectivity index (χ4v) is 2.58. The van der Waals surface area contributed by atoms with E-state index < -0.39 is 0 Å². The largest absolute Gasteiger partial charge is 0.395 e. The van der Waals surface area contributed by atoms with Crippen molar-refractivity contribution in [3.8, 4) is 0 Å². The molecule has 16 heavy (non-hydrogen) atoms. The molecule has 0 amide bonds. The Kier molecular flexibility index (Phi) is 3.83. The Morgan fingerprint density at radius 2 is 2.25 bits per heavy atom. The molecule has 1 fully saturated rings. The smallest absolute Gasteiger partial charge is 0.205 e. The Bertz CT molecular complexity index is 318. The molecule has 1 saturated carbocycles. The summed E-state index contributed by atoms with van der Waals surface area (Å²) in [6.07, 6.45) is 8.93. The van der Waals surface area contributed by atoms with Crippen LogP contribution in [0.5, 0.6) is 0 Å². The number of aliphatic hydroxyl groups is 1. The third-order valence-corrected chi connectivity index (χ3v) is 3.40. The standard InChI is InChI=1S/C12H21N3O/c1-2-14-8-7-13-12(14)15(9-10-16)11-5-3-4-6-11/h7-8,11,16H,2-6,9-10H2,1H3. The van der Waals surface area contributed by atoms with E-state index in [0.717, 1.165) is 12.5 Å². The van der Waals surface area contributed by atoms with E-state index in [1.165, 1.54) is 25.7 Å². The molecule has 1 heterocycles. The molecule has 0 atom stereocenters. The topological polar surface area (TPSA) is 41.3 Å². The van der Waals surface area contributed by atoms with Crippen molar-refractivity contribution in [1.82, 2.24) is 9.55 Å². The summed E-state index contributed by atoms with van der Waals surface area (Å²) in [6.45, 7) is 3.95. The minimum Gasteiger partial charge on any atom is -0.395 e. The van der Waals surface area contributed by atoms with Gasteiger partial charge in [0.15, 0.2) is 0 Å². The number of nitrogens with zero attached hydrogens (tertiary/aromatic N) is 3. The lowest BCUT2D eigenvalue weighted by Crippen LogP contribution is -2.37. The highest BCUT2D eigenvalue weighted by atomic mass is 16.3. The average Bonchev–Trinajstić information content (AvgIpc) is 2.96. The first-order chi connectivity index (χ1) is 7.86. The molecule has 1 aromatic heterocycles. The minimum absolute atomic E-state index is 0.201. The monoisotopic (exact) mass is 223 g/mol. The number of rotatable bonds is 5. The Morgan fingerprint density at radius 1 is 1.50 bits per heavy atom. The zero-order valence-electron chi connectivity index (χ0n) is 9.97. The quantitative estimate of drug-likeness (QED) is 0.825. The van der Waals surface area contributed by atoms with Gasteiger partial charge in [0, 0.05) is 31.5 Å². The van der Waals surface area contributed by atoms with Crippen LogP contribution in [0.3, 0.4) is 0 Å². The number of hydrogen-bond acceptors (Lipinski definition) is 3. The predicted molar refractivity (Wildman–Crippen MR) is 64.6 cm³/mol. The summed E-state index contributed by atoms with van der Waals surface area (Å²) in [5, 5.41) is 9.18. The van der Waals surface area contributed by atoms with Gasteiger partial charge in [-0.25, -0.2) is 4.98 Å². The summed E-state index contributed by atoms with van der Waals surface area (Å²) in [5.74, 6) is 1.02. The van der Waals surface area contributed by atoms with E-state index in [9.17, 15) is 5.11 Å². The van der Waals surface area contributed by atoms with Gasteiger partial charge in [-0.2, -0.15) is 0 Å². The van der Waals surface area contributed by atoms with Crippen molar-refractivity contribution in [3.63, 3.8) is 0 Å². The van der Waals surface area contributed by atoms with Crippen molar-refractivity contribution < 1.29 is 5.11 Å².